The van der Waals surface area contributed by atoms with Crippen LogP contribution in [0.15, 0.2) is 0 Å². The Bertz CT molecular complexity index is 931. The van der Waals surface area contributed by atoms with Gasteiger partial charge in [-0.05, 0) is 0 Å². The summed E-state index contributed by atoms with van der Waals surface area (Å²) in [5.74, 6) is -3.88. The molecule has 4 saturated carbocycles. The van der Waals surface area contributed by atoms with Crippen LogP contribution in [0.4, 0.5) is 0 Å². The van der Waals surface area contributed by atoms with E-state index in [0.717, 1.165) is 147 Å². The minimum atomic E-state index is -2.15. The van der Waals surface area contributed by atoms with Gasteiger partial charge in [0.25, 0.3) is 0 Å². The molecule has 4 aliphatic rings. The first kappa shape index (κ1) is 38.5. The predicted molar refractivity (Wildman–Crippen MR) is 195 cm³/mol. The molecule has 0 spiro atoms. The Balaban J connectivity index is 1.70. The predicted octanol–water partition coefficient (Wildman–Crippen LogP) is 8.27. The Kier molecular flexibility index (Phi) is 14.4. The molecule has 8 unspecified atom stereocenters. The van der Waals surface area contributed by atoms with E-state index in [2.05, 4.69) is 13.8 Å². The van der Waals surface area contributed by atoms with Gasteiger partial charge in [-0.2, -0.15) is 0 Å². The fourth-order valence-electron chi connectivity index (χ4n) is 12.0. The second kappa shape index (κ2) is 17.6. The monoisotopic (exact) mass is 700 g/mol. The first-order valence-electron chi connectivity index (χ1n) is 19.4. The first-order valence-corrected chi connectivity index (χ1v) is 24.5. The fraction of sp³-hybridized carbons (Fsp3) is 0.892. The second-order valence-corrected chi connectivity index (χ2v) is 26.6. The summed E-state index contributed by atoms with van der Waals surface area (Å²) >= 11 is 0. The minimum absolute atomic E-state index is 0.296. The summed E-state index contributed by atoms with van der Waals surface area (Å²) in [6, 6.07) is 0. The Morgan fingerprint density at radius 3 is 0.915 bits per heavy atom. The molecular formula is C37H66O8P2. The summed E-state index contributed by atoms with van der Waals surface area (Å²) in [6.45, 7) is 4.52. The van der Waals surface area contributed by atoms with E-state index in [9.17, 15) is 39.6 Å². The van der Waals surface area contributed by atoms with Gasteiger partial charge in [0.1, 0.15) is 0 Å². The number of carbonyl (C=O) groups is 4. The van der Waals surface area contributed by atoms with Crippen molar-refractivity contribution in [3.05, 3.63) is 0 Å². The van der Waals surface area contributed by atoms with E-state index in [0.29, 0.717) is 22.6 Å². The number of carboxylic acids is 4. The molecule has 0 saturated heterocycles. The molecule has 0 radical (unpaired) electrons. The first-order chi connectivity index (χ1) is 22.5. The van der Waals surface area contributed by atoms with Crippen molar-refractivity contribution < 1.29 is 39.6 Å². The van der Waals surface area contributed by atoms with Crippen molar-refractivity contribution in [2.75, 3.05) is 24.6 Å². The van der Waals surface area contributed by atoms with E-state index in [4.69, 9.17) is 0 Å². The topological polar surface area (TPSA) is 149 Å². The van der Waals surface area contributed by atoms with Gasteiger partial charge in [0, 0.05) is 0 Å². The summed E-state index contributed by atoms with van der Waals surface area (Å²) in [7, 11) is -4.29. The van der Waals surface area contributed by atoms with E-state index in [-0.39, 0.29) is 23.7 Å². The van der Waals surface area contributed by atoms with Crippen LogP contribution in [0.5, 0.6) is 0 Å². The Hall–Kier alpha value is -1.26. The number of rotatable bonds is 16. The molecule has 8 atom stereocenters. The molecule has 0 heterocycles. The van der Waals surface area contributed by atoms with Gasteiger partial charge < -0.3 is 0 Å². The summed E-state index contributed by atoms with van der Waals surface area (Å²) in [6.07, 6.45) is 21.8. The molecule has 4 fully saturated rings. The van der Waals surface area contributed by atoms with Crippen molar-refractivity contribution in [2.24, 2.45) is 23.7 Å². The van der Waals surface area contributed by atoms with E-state index in [1.165, 1.54) is 0 Å². The third-order valence-corrected chi connectivity index (χ3v) is 28.1. The quantitative estimate of drug-likeness (QED) is 0.118. The molecule has 0 aromatic heterocycles. The van der Waals surface area contributed by atoms with Crippen LogP contribution in [0.2, 0.25) is 0 Å². The summed E-state index contributed by atoms with van der Waals surface area (Å²) < 4.78 is 0. The Morgan fingerprint density at radius 2 is 0.702 bits per heavy atom. The van der Waals surface area contributed by atoms with E-state index >= 15 is 0 Å². The van der Waals surface area contributed by atoms with Crippen LogP contribution in [0.1, 0.15) is 136 Å². The molecule has 0 aromatic rings. The van der Waals surface area contributed by atoms with E-state index in [1.807, 2.05) is 0 Å². The molecule has 0 aromatic carbocycles. The van der Waals surface area contributed by atoms with Crippen molar-refractivity contribution in [1.82, 2.24) is 0 Å². The molecule has 10 heteroatoms. The van der Waals surface area contributed by atoms with Gasteiger partial charge in [-0.25, -0.2) is 0 Å². The zero-order valence-electron chi connectivity index (χ0n) is 29.3. The van der Waals surface area contributed by atoms with Crippen LogP contribution in [0.25, 0.3) is 0 Å². The third kappa shape index (κ3) is 9.11. The maximum atomic E-state index is 12.3. The second-order valence-electron chi connectivity index (χ2n) is 16.4. The summed E-state index contributed by atoms with van der Waals surface area (Å²) in [4.78, 5) is 49.1. The molecule has 47 heavy (non-hydrogen) atoms. The van der Waals surface area contributed by atoms with Gasteiger partial charge in [0.15, 0.2) is 0 Å². The van der Waals surface area contributed by atoms with Crippen molar-refractivity contribution >= 4 is 38.4 Å². The van der Waals surface area contributed by atoms with Crippen LogP contribution >= 0.6 is 14.5 Å². The molecule has 8 nitrogen and oxygen atoms in total. The van der Waals surface area contributed by atoms with Crippen LogP contribution < -0.4 is 0 Å². The number of carboxylic acid groups (broad SMARTS) is 4. The maximum absolute atomic E-state index is 12.3. The molecule has 4 rings (SSSR count). The number of aliphatic carboxylic acids is 4. The molecular weight excluding hydrogens is 634 g/mol. The van der Waals surface area contributed by atoms with E-state index in [1.54, 1.807) is 0 Å². The molecule has 0 aliphatic heterocycles. The van der Waals surface area contributed by atoms with E-state index < -0.39 is 38.4 Å². The number of hydrogen-bond acceptors (Lipinski definition) is 4. The zero-order valence-corrected chi connectivity index (χ0v) is 31.3. The zero-order chi connectivity index (χ0) is 34.2. The van der Waals surface area contributed by atoms with Crippen molar-refractivity contribution in [1.29, 1.82) is 0 Å². The molecule has 0 amide bonds. The molecule has 4 N–H and O–H groups in total. The molecule has 0 bridgehead atoms. The van der Waals surface area contributed by atoms with Crippen LogP contribution in [0, 0.1) is 23.7 Å². The standard InChI is InChI=1S/C37H66O8P2/c1-3-18-46(30-14-5-10-26(22-30)34(38)39,31-15-6-11-27(23-31)35(40)41)20-9-21-47(19-4-2,32-16-7-12-28(24-32)36(42)43)33-17-8-13-29(25-33)37(44)45/h26-33,46-47H,3-25H2,1-2H3,(H,38,39)(H,40,41)(H,42,43)(H,44,45). The van der Waals surface area contributed by atoms with Crippen molar-refractivity contribution in [3.63, 3.8) is 0 Å². The molecule has 4 aliphatic carbocycles. The SMILES string of the molecule is CCC[PH](CCC[PH](CCC)(C1CCCC(C(=O)O)C1)C1CCCC(C(=O)O)C1)(C1CCCC(C(=O)O)C1)C1CCCC(C(=O)O)C1. The Labute approximate surface area is 284 Å². The summed E-state index contributed by atoms with van der Waals surface area (Å²) in [5, 5.41) is 40.4. The average molecular weight is 701 g/mol. The number of hydrogen-bond donors (Lipinski definition) is 4. The normalized spacial score (nSPS) is 33.1. The van der Waals surface area contributed by atoms with Gasteiger partial charge in [0.2, 0.25) is 0 Å². The van der Waals surface area contributed by atoms with Crippen LogP contribution in [-0.4, -0.2) is 91.6 Å². The average Bonchev–Trinajstić information content (AvgIpc) is 3.07. The fourth-order valence-corrected chi connectivity index (χ4v) is 27.1. The van der Waals surface area contributed by atoms with Crippen LogP contribution in [-0.2, 0) is 19.2 Å². The van der Waals surface area contributed by atoms with Gasteiger partial charge in [-0.15, -0.1) is 0 Å². The Morgan fingerprint density at radius 1 is 0.447 bits per heavy atom. The van der Waals surface area contributed by atoms with Gasteiger partial charge in [0.05, 0.1) is 0 Å². The van der Waals surface area contributed by atoms with Crippen molar-refractivity contribution in [3.8, 4) is 0 Å². The molecule has 272 valence electrons. The van der Waals surface area contributed by atoms with Gasteiger partial charge in [-0.3, -0.25) is 0 Å². The summed E-state index contributed by atoms with van der Waals surface area (Å²) in [5.41, 5.74) is 1.65. The van der Waals surface area contributed by atoms with Crippen LogP contribution in [0.3, 0.4) is 0 Å². The van der Waals surface area contributed by atoms with Gasteiger partial charge in [-0.1, -0.05) is 0 Å². The van der Waals surface area contributed by atoms with Gasteiger partial charge >= 0.3 is 285 Å². The third-order valence-electron chi connectivity index (χ3n) is 14.1. The van der Waals surface area contributed by atoms with Crippen molar-refractivity contribution in [2.45, 2.75) is 158 Å².